The van der Waals surface area contributed by atoms with Crippen LogP contribution in [-0.4, -0.2) is 28.3 Å². The highest BCUT2D eigenvalue weighted by molar-refractivity contribution is 6.13. The lowest BCUT2D eigenvalue weighted by atomic mass is 9.91. The fourth-order valence-electron chi connectivity index (χ4n) is 2.93. The number of rotatable bonds is 5. The monoisotopic (exact) mass is 390 g/mol. The van der Waals surface area contributed by atoms with Gasteiger partial charge in [-0.2, -0.15) is 0 Å². The van der Waals surface area contributed by atoms with E-state index in [4.69, 9.17) is 21.2 Å². The van der Waals surface area contributed by atoms with Gasteiger partial charge < -0.3 is 16.2 Å². The standard InChI is InChI=1S/C22H26N6O/c1-22(2,3)18-10-5-7-15(26-18)13-25-12-14(11-23)19-16-8-6-9-17(29-4)20(16)28-21(24)27-19/h5-12H,13,23H2,1-4H3,(H2,24,27,28). The first-order valence-electron chi connectivity index (χ1n) is 9.32. The summed E-state index contributed by atoms with van der Waals surface area (Å²) in [5.74, 6) is 0.763. The summed E-state index contributed by atoms with van der Waals surface area (Å²) in [6.07, 6.45) is 3.15. The first-order chi connectivity index (χ1) is 13.8. The zero-order valence-corrected chi connectivity index (χ0v) is 17.2. The molecular weight excluding hydrogens is 364 g/mol. The number of nitrogens with two attached hydrogens (primary N) is 2. The van der Waals surface area contributed by atoms with Gasteiger partial charge in [0.2, 0.25) is 5.95 Å². The van der Waals surface area contributed by atoms with Crippen LogP contribution in [0.5, 0.6) is 5.75 Å². The molecule has 2 heterocycles. The maximum absolute atomic E-state index is 5.92. The molecule has 0 amide bonds. The van der Waals surface area contributed by atoms with Crippen molar-refractivity contribution in [2.75, 3.05) is 12.8 Å². The molecule has 7 heteroatoms. The molecule has 0 radical (unpaired) electrons. The van der Waals surface area contributed by atoms with E-state index in [1.165, 1.54) is 6.20 Å². The van der Waals surface area contributed by atoms with E-state index < -0.39 is 0 Å². The maximum atomic E-state index is 5.92. The van der Waals surface area contributed by atoms with Crippen molar-refractivity contribution < 1.29 is 4.74 Å². The minimum absolute atomic E-state index is 0.0154. The van der Waals surface area contributed by atoms with Crippen molar-refractivity contribution in [1.29, 1.82) is 0 Å². The van der Waals surface area contributed by atoms with Crippen molar-refractivity contribution in [2.24, 2.45) is 10.7 Å². The Kier molecular flexibility index (Phi) is 5.77. The van der Waals surface area contributed by atoms with Gasteiger partial charge in [-0.15, -0.1) is 0 Å². The van der Waals surface area contributed by atoms with Crippen LogP contribution >= 0.6 is 0 Å². The van der Waals surface area contributed by atoms with E-state index in [1.807, 2.05) is 36.4 Å². The smallest absolute Gasteiger partial charge is 0.221 e. The van der Waals surface area contributed by atoms with Gasteiger partial charge in [0.25, 0.3) is 0 Å². The highest BCUT2D eigenvalue weighted by Gasteiger charge is 2.15. The van der Waals surface area contributed by atoms with E-state index in [9.17, 15) is 0 Å². The van der Waals surface area contributed by atoms with Crippen molar-refractivity contribution in [2.45, 2.75) is 32.7 Å². The first-order valence-corrected chi connectivity index (χ1v) is 9.32. The third-order valence-corrected chi connectivity index (χ3v) is 4.44. The number of aromatic nitrogens is 3. The number of ether oxygens (including phenoxy) is 1. The second-order valence-corrected chi connectivity index (χ2v) is 7.64. The van der Waals surface area contributed by atoms with Gasteiger partial charge >= 0.3 is 0 Å². The Balaban J connectivity index is 1.92. The quantitative estimate of drug-likeness (QED) is 0.645. The lowest BCUT2D eigenvalue weighted by molar-refractivity contribution is 0.419. The normalized spacial score (nSPS) is 12.6. The van der Waals surface area contributed by atoms with Crippen LogP contribution in [0.1, 0.15) is 37.9 Å². The Hall–Kier alpha value is -3.48. The Morgan fingerprint density at radius 1 is 1.10 bits per heavy atom. The van der Waals surface area contributed by atoms with Gasteiger partial charge in [-0.05, 0) is 18.2 Å². The molecule has 0 saturated carbocycles. The van der Waals surface area contributed by atoms with Crippen molar-refractivity contribution in [3.8, 4) is 5.75 Å². The van der Waals surface area contributed by atoms with Gasteiger partial charge in [0.1, 0.15) is 11.3 Å². The number of fused-ring (bicyclic) bond motifs is 1. The highest BCUT2D eigenvalue weighted by Crippen LogP contribution is 2.29. The Labute approximate surface area is 170 Å². The molecule has 0 atom stereocenters. The number of methoxy groups -OCH3 is 1. The molecule has 0 spiro atoms. The van der Waals surface area contributed by atoms with Crippen LogP contribution in [0.15, 0.2) is 47.6 Å². The molecule has 0 aliphatic carbocycles. The summed E-state index contributed by atoms with van der Waals surface area (Å²) in [4.78, 5) is 17.9. The van der Waals surface area contributed by atoms with Gasteiger partial charge in [-0.25, -0.2) is 9.97 Å². The summed E-state index contributed by atoms with van der Waals surface area (Å²) in [6.45, 7) is 6.84. The third kappa shape index (κ3) is 4.51. The fourth-order valence-corrected chi connectivity index (χ4v) is 2.93. The number of para-hydroxylation sites is 1. The molecule has 7 nitrogen and oxygen atoms in total. The molecule has 2 aromatic heterocycles. The van der Waals surface area contributed by atoms with Crippen LogP contribution in [0.4, 0.5) is 5.95 Å². The molecule has 150 valence electrons. The predicted molar refractivity (Wildman–Crippen MR) is 118 cm³/mol. The van der Waals surface area contributed by atoms with E-state index >= 15 is 0 Å². The van der Waals surface area contributed by atoms with Crippen molar-refractivity contribution in [3.05, 3.63) is 59.7 Å². The highest BCUT2D eigenvalue weighted by atomic mass is 16.5. The molecule has 29 heavy (non-hydrogen) atoms. The molecule has 1 aromatic carbocycles. The number of hydrogen-bond acceptors (Lipinski definition) is 7. The fraction of sp³-hybridized carbons (Fsp3) is 0.273. The van der Waals surface area contributed by atoms with Crippen LogP contribution in [-0.2, 0) is 12.0 Å². The summed E-state index contributed by atoms with van der Waals surface area (Å²) < 4.78 is 5.39. The number of aliphatic imine (C=N–C) groups is 1. The average molecular weight is 390 g/mol. The van der Waals surface area contributed by atoms with E-state index in [0.29, 0.717) is 29.1 Å². The molecule has 0 fully saturated rings. The van der Waals surface area contributed by atoms with E-state index in [-0.39, 0.29) is 11.4 Å². The lowest BCUT2D eigenvalue weighted by Gasteiger charge is -2.17. The Morgan fingerprint density at radius 2 is 1.86 bits per heavy atom. The molecule has 3 aromatic rings. The lowest BCUT2D eigenvalue weighted by Crippen LogP contribution is -2.14. The first kappa shape index (κ1) is 20.3. The molecule has 0 aliphatic rings. The van der Waals surface area contributed by atoms with Crippen LogP contribution in [0.25, 0.3) is 16.5 Å². The molecule has 0 unspecified atom stereocenters. The summed E-state index contributed by atoms with van der Waals surface area (Å²) in [6, 6.07) is 11.6. The topological polar surface area (TPSA) is 112 Å². The number of allylic oxidation sites excluding steroid dienone is 1. The SMILES string of the molecule is COc1cccc2c(C(C=NCc3cccc(C(C)(C)C)n3)=CN)nc(N)nc12. The van der Waals surface area contributed by atoms with Gasteiger partial charge in [0.05, 0.1) is 25.0 Å². The second kappa shape index (κ2) is 8.26. The molecule has 0 aliphatic heterocycles. The van der Waals surface area contributed by atoms with Crippen LogP contribution < -0.4 is 16.2 Å². The second-order valence-electron chi connectivity index (χ2n) is 7.64. The van der Waals surface area contributed by atoms with Crippen LogP contribution in [0, 0.1) is 0 Å². The Bertz CT molecular complexity index is 1080. The summed E-state index contributed by atoms with van der Waals surface area (Å²) in [5.41, 5.74) is 15.6. The van der Waals surface area contributed by atoms with Crippen LogP contribution in [0.3, 0.4) is 0 Å². The minimum atomic E-state index is -0.0154. The zero-order valence-electron chi connectivity index (χ0n) is 17.2. The maximum Gasteiger partial charge on any atom is 0.221 e. The van der Waals surface area contributed by atoms with Gasteiger partial charge in [-0.1, -0.05) is 39.0 Å². The number of hydrogen-bond donors (Lipinski definition) is 2. The molecule has 0 bridgehead atoms. The average Bonchev–Trinajstić information content (AvgIpc) is 2.70. The number of benzene rings is 1. The van der Waals surface area contributed by atoms with Gasteiger partial charge in [0.15, 0.2) is 0 Å². The molecule has 0 saturated heterocycles. The number of nitrogen functional groups attached to an aromatic ring is 1. The summed E-state index contributed by atoms with van der Waals surface area (Å²) >= 11 is 0. The van der Waals surface area contributed by atoms with E-state index in [2.05, 4.69) is 35.7 Å². The van der Waals surface area contributed by atoms with Gasteiger partial charge in [-0.3, -0.25) is 9.98 Å². The molecule has 4 N–H and O–H groups in total. The van der Waals surface area contributed by atoms with Crippen molar-refractivity contribution in [1.82, 2.24) is 15.0 Å². The van der Waals surface area contributed by atoms with Crippen molar-refractivity contribution >= 4 is 28.6 Å². The van der Waals surface area contributed by atoms with Gasteiger partial charge in [0, 0.05) is 34.5 Å². The molecular formula is C22H26N6O. The summed E-state index contributed by atoms with van der Waals surface area (Å²) in [5, 5.41) is 0.787. The largest absolute Gasteiger partial charge is 0.494 e. The van der Waals surface area contributed by atoms with Crippen LogP contribution in [0.2, 0.25) is 0 Å². The van der Waals surface area contributed by atoms with Crippen molar-refractivity contribution in [3.63, 3.8) is 0 Å². The predicted octanol–water partition coefficient (Wildman–Crippen LogP) is 3.48. The Morgan fingerprint density at radius 3 is 2.55 bits per heavy atom. The minimum Gasteiger partial charge on any atom is -0.494 e. The third-order valence-electron chi connectivity index (χ3n) is 4.44. The number of anilines is 1. The number of pyridine rings is 1. The van der Waals surface area contributed by atoms with E-state index in [0.717, 1.165) is 16.8 Å². The zero-order chi connectivity index (χ0) is 21.0. The van der Waals surface area contributed by atoms with E-state index in [1.54, 1.807) is 13.3 Å². The summed E-state index contributed by atoms with van der Waals surface area (Å²) in [7, 11) is 1.59. The molecule has 3 rings (SSSR count). The number of nitrogens with zero attached hydrogens (tertiary/aromatic N) is 4.